The van der Waals surface area contributed by atoms with Crippen LogP contribution in [0, 0.1) is 0 Å². The SMILES string of the molecule is O=C1OC2CCCN2O1. The molecule has 0 spiro atoms. The predicted molar refractivity (Wildman–Crippen MR) is 27.3 cm³/mol. The maximum absolute atomic E-state index is 10.4. The Morgan fingerprint density at radius 1 is 1.67 bits per heavy atom. The highest BCUT2D eigenvalue weighted by molar-refractivity contribution is 5.61. The average molecular weight is 129 g/mol. The number of fused-ring (bicyclic) bond motifs is 1. The third kappa shape index (κ3) is 0.666. The summed E-state index contributed by atoms with van der Waals surface area (Å²) in [6.45, 7) is 0.816. The molecule has 0 saturated carbocycles. The molecule has 9 heavy (non-hydrogen) atoms. The van der Waals surface area contributed by atoms with Gasteiger partial charge in [0.15, 0.2) is 6.23 Å². The molecule has 50 valence electrons. The number of carbonyl (C=O) groups is 1. The fourth-order valence-electron chi connectivity index (χ4n) is 1.16. The molecule has 4 nitrogen and oxygen atoms in total. The van der Waals surface area contributed by atoms with Crippen LogP contribution in [0.15, 0.2) is 0 Å². The molecule has 2 saturated heterocycles. The first-order valence-corrected chi connectivity index (χ1v) is 3.01. The fourth-order valence-corrected chi connectivity index (χ4v) is 1.16. The molecule has 2 aliphatic heterocycles. The summed E-state index contributed by atoms with van der Waals surface area (Å²) in [4.78, 5) is 15.0. The highest BCUT2D eigenvalue weighted by Crippen LogP contribution is 2.24. The van der Waals surface area contributed by atoms with Crippen molar-refractivity contribution in [3.05, 3.63) is 0 Å². The van der Waals surface area contributed by atoms with Gasteiger partial charge in [-0.15, -0.1) is 0 Å². The summed E-state index contributed by atoms with van der Waals surface area (Å²) in [7, 11) is 0. The molecular formula is C5H7NO3. The van der Waals surface area contributed by atoms with E-state index in [1.807, 2.05) is 0 Å². The van der Waals surface area contributed by atoms with Gasteiger partial charge in [0.05, 0.1) is 0 Å². The van der Waals surface area contributed by atoms with Crippen molar-refractivity contribution in [1.29, 1.82) is 0 Å². The second-order valence-electron chi connectivity index (χ2n) is 2.20. The van der Waals surface area contributed by atoms with E-state index in [9.17, 15) is 4.79 Å². The molecule has 2 rings (SSSR count). The zero-order valence-corrected chi connectivity index (χ0v) is 4.87. The van der Waals surface area contributed by atoms with Gasteiger partial charge in [-0.25, -0.2) is 4.79 Å². The molecule has 0 aromatic carbocycles. The van der Waals surface area contributed by atoms with E-state index in [1.165, 1.54) is 0 Å². The molecule has 2 aliphatic rings. The second kappa shape index (κ2) is 1.60. The van der Waals surface area contributed by atoms with Crippen LogP contribution in [0.5, 0.6) is 0 Å². The Balaban J connectivity index is 2.09. The molecular weight excluding hydrogens is 122 g/mol. The third-order valence-electron chi connectivity index (χ3n) is 1.57. The monoisotopic (exact) mass is 129 g/mol. The summed E-state index contributed by atoms with van der Waals surface area (Å²) in [6.07, 6.45) is 1.32. The van der Waals surface area contributed by atoms with Crippen LogP contribution in [0.25, 0.3) is 0 Å². The van der Waals surface area contributed by atoms with Crippen molar-refractivity contribution >= 4 is 6.16 Å². The van der Waals surface area contributed by atoms with Crippen molar-refractivity contribution in [2.75, 3.05) is 6.54 Å². The molecule has 0 aliphatic carbocycles. The Morgan fingerprint density at radius 2 is 2.56 bits per heavy atom. The zero-order chi connectivity index (χ0) is 6.27. The largest absolute Gasteiger partial charge is 0.529 e. The number of nitrogens with zero attached hydrogens (tertiary/aromatic N) is 1. The van der Waals surface area contributed by atoms with E-state index in [4.69, 9.17) is 4.74 Å². The van der Waals surface area contributed by atoms with Crippen LogP contribution < -0.4 is 0 Å². The van der Waals surface area contributed by atoms with Crippen LogP contribution in [0.1, 0.15) is 12.8 Å². The molecule has 4 heteroatoms. The van der Waals surface area contributed by atoms with Crippen LogP contribution >= 0.6 is 0 Å². The van der Waals surface area contributed by atoms with E-state index in [2.05, 4.69) is 4.84 Å². The normalized spacial score (nSPS) is 33.8. The average Bonchev–Trinajstić information content (AvgIpc) is 2.22. The van der Waals surface area contributed by atoms with Crippen molar-refractivity contribution in [3.63, 3.8) is 0 Å². The van der Waals surface area contributed by atoms with Crippen LogP contribution in [0.4, 0.5) is 4.79 Å². The minimum Gasteiger partial charge on any atom is -0.411 e. The summed E-state index contributed by atoms with van der Waals surface area (Å²) >= 11 is 0. The highest BCUT2D eigenvalue weighted by atomic mass is 16.9. The Bertz CT molecular complexity index is 133. The van der Waals surface area contributed by atoms with Crippen LogP contribution in [-0.4, -0.2) is 24.0 Å². The Labute approximate surface area is 52.3 Å². The molecule has 1 atom stereocenters. The van der Waals surface area contributed by atoms with E-state index in [-0.39, 0.29) is 6.23 Å². The number of hydroxylamine groups is 2. The molecule has 2 heterocycles. The second-order valence-corrected chi connectivity index (χ2v) is 2.20. The fraction of sp³-hybridized carbons (Fsp3) is 0.800. The van der Waals surface area contributed by atoms with Gasteiger partial charge in [-0.2, -0.15) is 0 Å². The molecule has 2 fully saturated rings. The van der Waals surface area contributed by atoms with Gasteiger partial charge in [0.25, 0.3) is 0 Å². The standard InChI is InChI=1S/C5H7NO3/c7-5-8-4-2-1-3-6(4)9-5/h4H,1-3H2. The predicted octanol–water partition coefficient (Wildman–Crippen LogP) is 0.490. The molecule has 0 amide bonds. The van der Waals surface area contributed by atoms with Crippen molar-refractivity contribution in [1.82, 2.24) is 5.06 Å². The first kappa shape index (κ1) is 5.05. The van der Waals surface area contributed by atoms with Gasteiger partial charge in [0.2, 0.25) is 0 Å². The molecule has 0 aromatic heterocycles. The van der Waals surface area contributed by atoms with Gasteiger partial charge in [-0.05, 0) is 6.42 Å². The minimum atomic E-state index is -0.556. The number of ether oxygens (including phenoxy) is 1. The summed E-state index contributed by atoms with van der Waals surface area (Å²) < 4.78 is 4.75. The van der Waals surface area contributed by atoms with Gasteiger partial charge in [0.1, 0.15) is 0 Å². The first-order valence-electron chi connectivity index (χ1n) is 3.01. The van der Waals surface area contributed by atoms with E-state index >= 15 is 0 Å². The molecule has 0 N–H and O–H groups in total. The van der Waals surface area contributed by atoms with Gasteiger partial charge in [-0.1, -0.05) is 5.06 Å². The summed E-state index contributed by atoms with van der Waals surface area (Å²) in [6, 6.07) is 0. The van der Waals surface area contributed by atoms with Gasteiger partial charge >= 0.3 is 6.16 Å². The van der Waals surface area contributed by atoms with E-state index in [0.29, 0.717) is 0 Å². The van der Waals surface area contributed by atoms with Gasteiger partial charge in [-0.3, -0.25) is 0 Å². The lowest BCUT2D eigenvalue weighted by Crippen LogP contribution is -2.20. The maximum atomic E-state index is 10.4. The lowest BCUT2D eigenvalue weighted by atomic mass is 10.4. The minimum absolute atomic E-state index is 0.0856. The van der Waals surface area contributed by atoms with Crippen molar-refractivity contribution in [2.45, 2.75) is 19.1 Å². The van der Waals surface area contributed by atoms with E-state index in [0.717, 1.165) is 19.4 Å². The highest BCUT2D eigenvalue weighted by Gasteiger charge is 2.37. The number of hydrogen-bond acceptors (Lipinski definition) is 4. The number of carbonyl (C=O) groups excluding carboxylic acids is 1. The maximum Gasteiger partial charge on any atom is 0.529 e. The van der Waals surface area contributed by atoms with Crippen molar-refractivity contribution in [2.24, 2.45) is 0 Å². The van der Waals surface area contributed by atoms with Gasteiger partial charge in [0, 0.05) is 13.0 Å². The lowest BCUT2D eigenvalue weighted by Gasteiger charge is -2.05. The Hall–Kier alpha value is -0.770. The van der Waals surface area contributed by atoms with Gasteiger partial charge < -0.3 is 9.57 Å². The lowest BCUT2D eigenvalue weighted by molar-refractivity contribution is -0.0774. The molecule has 0 aromatic rings. The van der Waals surface area contributed by atoms with E-state index in [1.54, 1.807) is 5.06 Å². The van der Waals surface area contributed by atoms with Crippen LogP contribution in [0.3, 0.4) is 0 Å². The Morgan fingerprint density at radius 3 is 3.33 bits per heavy atom. The summed E-state index contributed by atoms with van der Waals surface area (Å²) in [5, 5.41) is 1.59. The van der Waals surface area contributed by atoms with Crippen molar-refractivity contribution < 1.29 is 14.4 Å². The molecule has 0 bridgehead atoms. The molecule has 1 unspecified atom stereocenters. The zero-order valence-electron chi connectivity index (χ0n) is 4.87. The molecule has 0 radical (unpaired) electrons. The quantitative estimate of drug-likeness (QED) is 0.446. The third-order valence-corrected chi connectivity index (χ3v) is 1.57. The number of hydrogen-bond donors (Lipinski definition) is 0. The summed E-state index contributed by atoms with van der Waals surface area (Å²) in [5.74, 6) is 0. The smallest absolute Gasteiger partial charge is 0.411 e. The van der Waals surface area contributed by atoms with Crippen LogP contribution in [-0.2, 0) is 9.57 Å². The first-order chi connectivity index (χ1) is 4.36. The number of rotatable bonds is 0. The summed E-state index contributed by atoms with van der Waals surface area (Å²) in [5.41, 5.74) is 0. The Kier molecular flexibility index (Phi) is 0.900. The van der Waals surface area contributed by atoms with E-state index < -0.39 is 6.16 Å². The van der Waals surface area contributed by atoms with Crippen molar-refractivity contribution in [3.8, 4) is 0 Å². The topological polar surface area (TPSA) is 38.8 Å². The van der Waals surface area contributed by atoms with Crippen LogP contribution in [0.2, 0.25) is 0 Å².